The molecule has 0 bridgehead atoms. The molecule has 1 aromatic heterocycles. The molecule has 4 heterocycles. The number of nitriles is 1. The number of rotatable bonds is 8. The van der Waals surface area contributed by atoms with E-state index < -0.39 is 0 Å². The first-order valence-electron chi connectivity index (χ1n) is 16.7. The number of halogens is 1. The largest absolute Gasteiger partial charge is 0.462 e. The normalized spacial score (nSPS) is 19.6. The first-order chi connectivity index (χ1) is 23.4. The molecule has 0 aliphatic carbocycles. The van der Waals surface area contributed by atoms with Crippen molar-refractivity contribution in [3.63, 3.8) is 0 Å². The lowest BCUT2D eigenvalue weighted by atomic mass is 10.00. The fourth-order valence-corrected chi connectivity index (χ4v) is 7.63. The average Bonchev–Trinajstić information content (AvgIpc) is 3.54. The molecule has 246 valence electrons. The minimum atomic E-state index is -0.309. The van der Waals surface area contributed by atoms with Crippen molar-refractivity contribution in [2.24, 2.45) is 0 Å². The van der Waals surface area contributed by atoms with E-state index in [1.165, 1.54) is 0 Å². The Hall–Kier alpha value is -4.65. The van der Waals surface area contributed by atoms with Crippen LogP contribution in [0.25, 0.3) is 16.3 Å². The van der Waals surface area contributed by atoms with Crippen LogP contribution < -0.4 is 14.5 Å². The van der Waals surface area contributed by atoms with Gasteiger partial charge >= 0.3 is 6.01 Å². The van der Waals surface area contributed by atoms with Crippen molar-refractivity contribution in [2.45, 2.75) is 44.3 Å². The summed E-state index contributed by atoms with van der Waals surface area (Å²) in [6.45, 7) is 8.59. The molecular formula is C38H40ClN7O2. The summed E-state index contributed by atoms with van der Waals surface area (Å²) in [6, 6.07) is 24.5. The van der Waals surface area contributed by atoms with Crippen LogP contribution in [0.4, 0.5) is 11.5 Å². The van der Waals surface area contributed by atoms with Gasteiger partial charge in [0.05, 0.1) is 35.8 Å². The summed E-state index contributed by atoms with van der Waals surface area (Å²) in [5.74, 6) is 0.696. The zero-order valence-corrected chi connectivity index (χ0v) is 28.1. The van der Waals surface area contributed by atoms with Crippen LogP contribution in [0.15, 0.2) is 73.3 Å². The summed E-state index contributed by atoms with van der Waals surface area (Å²) in [5, 5.41) is 12.7. The standard InChI is InChI=1S/C38H40ClN7O2/c1-26(27-9-4-3-5-10-27)37(47)46-22-21-45(23-29(46)16-18-40)36-31-17-20-44(34-15-7-12-28-11-6-14-32(39)35(28)34)24-33(31)41-38(42-36)48-25-30-13-8-19-43(30)2/h3-7,9-12,14-15,29-30H,1,8,13,16-17,19-25H2,2H3. The Kier molecular flexibility index (Phi) is 9.20. The molecule has 3 aliphatic heterocycles. The maximum atomic E-state index is 13.7. The Morgan fingerprint density at radius 3 is 2.58 bits per heavy atom. The highest BCUT2D eigenvalue weighted by Crippen LogP contribution is 2.37. The van der Waals surface area contributed by atoms with Gasteiger partial charge < -0.3 is 24.3 Å². The fourth-order valence-electron chi connectivity index (χ4n) is 7.35. The molecule has 0 radical (unpaired) electrons. The topological polar surface area (TPSA) is 88.8 Å². The van der Waals surface area contributed by atoms with Crippen molar-refractivity contribution in [1.29, 1.82) is 5.26 Å². The van der Waals surface area contributed by atoms with Crippen LogP contribution in [0.3, 0.4) is 0 Å². The Labute approximate surface area is 287 Å². The lowest BCUT2D eigenvalue weighted by molar-refractivity contribution is -0.127. The second-order valence-corrected chi connectivity index (χ2v) is 13.3. The van der Waals surface area contributed by atoms with Gasteiger partial charge in [0.15, 0.2) is 0 Å². The first-order valence-corrected chi connectivity index (χ1v) is 17.1. The Morgan fingerprint density at radius 1 is 1.00 bits per heavy atom. The van der Waals surface area contributed by atoms with Crippen molar-refractivity contribution in [3.05, 3.63) is 95.2 Å². The molecule has 7 rings (SSSR count). The first kappa shape index (κ1) is 31.9. The quantitative estimate of drug-likeness (QED) is 0.214. The van der Waals surface area contributed by atoms with Gasteiger partial charge in [0.25, 0.3) is 5.91 Å². The van der Waals surface area contributed by atoms with E-state index in [-0.39, 0.29) is 18.4 Å². The average molecular weight is 662 g/mol. The number of aromatic nitrogens is 2. The summed E-state index contributed by atoms with van der Waals surface area (Å²) in [6.07, 6.45) is 3.20. The Morgan fingerprint density at radius 2 is 1.81 bits per heavy atom. The number of likely N-dealkylation sites (N-methyl/N-ethyl adjacent to an activating group) is 1. The molecule has 2 unspecified atom stereocenters. The lowest BCUT2D eigenvalue weighted by Crippen LogP contribution is -2.56. The van der Waals surface area contributed by atoms with Gasteiger partial charge in [-0.05, 0) is 55.9 Å². The molecule has 0 spiro atoms. The summed E-state index contributed by atoms with van der Waals surface area (Å²) < 4.78 is 6.34. The molecule has 3 aliphatic rings. The van der Waals surface area contributed by atoms with E-state index in [0.29, 0.717) is 50.4 Å². The maximum absolute atomic E-state index is 13.7. The SMILES string of the molecule is C=C(C(=O)N1CCN(c2nc(OCC3CCCN3C)nc3c2CCN(c2cccc4cccc(Cl)c24)C3)CC1CC#N)c1ccccc1. The second-order valence-electron chi connectivity index (χ2n) is 12.9. The summed E-state index contributed by atoms with van der Waals surface area (Å²) >= 11 is 6.74. The van der Waals surface area contributed by atoms with E-state index in [1.807, 2.05) is 47.4 Å². The number of ether oxygens (including phenoxy) is 1. The van der Waals surface area contributed by atoms with Crippen molar-refractivity contribution in [2.75, 3.05) is 56.2 Å². The number of hydrogen-bond donors (Lipinski definition) is 0. The minimum Gasteiger partial charge on any atom is -0.462 e. The van der Waals surface area contributed by atoms with Crippen molar-refractivity contribution in [1.82, 2.24) is 19.8 Å². The number of nitrogens with zero attached hydrogens (tertiary/aromatic N) is 7. The number of carbonyl (C=O) groups is 1. The van der Waals surface area contributed by atoms with Crippen LogP contribution in [0.5, 0.6) is 6.01 Å². The molecule has 3 aromatic carbocycles. The van der Waals surface area contributed by atoms with Gasteiger partial charge in [-0.3, -0.25) is 4.79 Å². The number of fused-ring (bicyclic) bond motifs is 2. The number of benzene rings is 3. The maximum Gasteiger partial charge on any atom is 0.318 e. The molecule has 2 fully saturated rings. The van der Waals surface area contributed by atoms with Gasteiger partial charge in [0, 0.05) is 54.4 Å². The molecule has 4 aromatic rings. The lowest BCUT2D eigenvalue weighted by Gasteiger charge is -2.42. The molecule has 2 saturated heterocycles. The molecule has 1 amide bonds. The predicted octanol–water partition coefficient (Wildman–Crippen LogP) is 5.96. The van der Waals surface area contributed by atoms with Gasteiger partial charge in [0.1, 0.15) is 12.4 Å². The van der Waals surface area contributed by atoms with E-state index >= 15 is 0 Å². The highest BCUT2D eigenvalue weighted by Gasteiger charge is 2.35. The third-order valence-electron chi connectivity index (χ3n) is 10.0. The second kappa shape index (κ2) is 13.8. The van der Waals surface area contributed by atoms with Crippen LogP contribution in [-0.2, 0) is 17.8 Å². The number of piperazine rings is 1. The highest BCUT2D eigenvalue weighted by molar-refractivity contribution is 6.36. The number of carbonyl (C=O) groups excluding carboxylic acids is 1. The summed E-state index contributed by atoms with van der Waals surface area (Å²) in [7, 11) is 2.13. The zero-order valence-electron chi connectivity index (χ0n) is 27.3. The van der Waals surface area contributed by atoms with Crippen molar-refractivity contribution < 1.29 is 9.53 Å². The van der Waals surface area contributed by atoms with Crippen LogP contribution in [0.2, 0.25) is 5.02 Å². The predicted molar refractivity (Wildman–Crippen MR) is 190 cm³/mol. The fraction of sp³-hybridized carbons (Fsp3) is 0.368. The van der Waals surface area contributed by atoms with E-state index in [9.17, 15) is 10.1 Å². The van der Waals surface area contributed by atoms with E-state index in [4.69, 9.17) is 26.3 Å². The van der Waals surface area contributed by atoms with Crippen molar-refractivity contribution in [3.8, 4) is 12.1 Å². The summed E-state index contributed by atoms with van der Waals surface area (Å²) in [4.78, 5) is 32.4. The van der Waals surface area contributed by atoms with Crippen molar-refractivity contribution >= 4 is 45.4 Å². The van der Waals surface area contributed by atoms with Gasteiger partial charge in [0.2, 0.25) is 0 Å². The van der Waals surface area contributed by atoms with Gasteiger partial charge in [-0.15, -0.1) is 0 Å². The van der Waals surface area contributed by atoms with Crippen LogP contribution in [-0.4, -0.2) is 84.1 Å². The van der Waals surface area contributed by atoms with Crippen LogP contribution in [0, 0.1) is 11.3 Å². The minimum absolute atomic E-state index is 0.139. The highest BCUT2D eigenvalue weighted by atomic mass is 35.5. The summed E-state index contributed by atoms with van der Waals surface area (Å²) in [5.41, 5.74) is 4.33. The number of hydrogen-bond acceptors (Lipinski definition) is 8. The molecule has 48 heavy (non-hydrogen) atoms. The molecule has 0 saturated carbocycles. The Bertz CT molecular complexity index is 1870. The molecule has 0 N–H and O–H groups in total. The third-order valence-corrected chi connectivity index (χ3v) is 10.3. The van der Waals surface area contributed by atoms with E-state index in [2.05, 4.69) is 58.7 Å². The smallest absolute Gasteiger partial charge is 0.318 e. The van der Waals surface area contributed by atoms with Gasteiger partial charge in [-0.25, -0.2) is 0 Å². The van der Waals surface area contributed by atoms with Gasteiger partial charge in [-0.2, -0.15) is 15.2 Å². The monoisotopic (exact) mass is 661 g/mol. The number of anilines is 2. The van der Waals surface area contributed by atoms with E-state index in [1.54, 1.807) is 0 Å². The number of amides is 1. The number of likely N-dealkylation sites (tertiary alicyclic amines) is 1. The molecule has 2 atom stereocenters. The third kappa shape index (κ3) is 6.30. The van der Waals surface area contributed by atoms with Crippen LogP contribution in [0.1, 0.15) is 36.1 Å². The molecule has 10 heteroatoms. The van der Waals surface area contributed by atoms with Crippen LogP contribution >= 0.6 is 11.6 Å². The molecule has 9 nitrogen and oxygen atoms in total. The Balaban J connectivity index is 1.19. The molecular weight excluding hydrogens is 622 g/mol. The van der Waals surface area contributed by atoms with Gasteiger partial charge in [-0.1, -0.05) is 72.8 Å². The zero-order chi connectivity index (χ0) is 33.2. The van der Waals surface area contributed by atoms with E-state index in [0.717, 1.165) is 76.5 Å².